The topological polar surface area (TPSA) is 58.9 Å². The number of benzene rings is 1. The van der Waals surface area contributed by atoms with E-state index in [2.05, 4.69) is 4.99 Å². The molecule has 1 atom stereocenters. The lowest BCUT2D eigenvalue weighted by atomic mass is 10.1. The van der Waals surface area contributed by atoms with Gasteiger partial charge in [0.25, 0.3) is 0 Å². The Morgan fingerprint density at radius 2 is 2.25 bits per heavy atom. The standard InChI is InChI=1S/C10H9ClFNO3/c1-10(12,13-5-14)6-3-8(15)9(16-2)4-7(6)11/h3-4,15H,1-2H3. The number of phenolic OH excluding ortho intramolecular Hbond substituents is 1. The molecule has 0 aliphatic heterocycles. The van der Waals surface area contributed by atoms with Crippen LogP contribution in [0.5, 0.6) is 11.5 Å². The van der Waals surface area contributed by atoms with Crippen LogP contribution in [-0.2, 0) is 10.6 Å². The number of alkyl halides is 1. The highest BCUT2D eigenvalue weighted by molar-refractivity contribution is 6.31. The van der Waals surface area contributed by atoms with E-state index in [0.29, 0.717) is 0 Å². The molecule has 0 amide bonds. The van der Waals surface area contributed by atoms with Gasteiger partial charge in [-0.25, -0.2) is 9.18 Å². The highest BCUT2D eigenvalue weighted by Crippen LogP contribution is 2.39. The van der Waals surface area contributed by atoms with Crippen LogP contribution < -0.4 is 4.74 Å². The molecule has 1 rings (SSSR count). The minimum atomic E-state index is -2.33. The Kier molecular flexibility index (Phi) is 3.52. The van der Waals surface area contributed by atoms with Gasteiger partial charge in [0.05, 0.1) is 12.1 Å². The Morgan fingerprint density at radius 3 is 2.75 bits per heavy atom. The molecule has 0 heterocycles. The van der Waals surface area contributed by atoms with Crippen LogP contribution in [0.4, 0.5) is 4.39 Å². The maximum Gasteiger partial charge on any atom is 0.238 e. The first-order valence-corrected chi connectivity index (χ1v) is 4.65. The van der Waals surface area contributed by atoms with Crippen molar-refractivity contribution in [3.05, 3.63) is 22.7 Å². The minimum Gasteiger partial charge on any atom is -0.504 e. The summed E-state index contributed by atoms with van der Waals surface area (Å²) in [6, 6.07) is 2.30. The molecular weight excluding hydrogens is 237 g/mol. The minimum absolute atomic E-state index is 0.00125. The third-order valence-electron chi connectivity index (χ3n) is 2.02. The van der Waals surface area contributed by atoms with Crippen LogP contribution in [0.1, 0.15) is 12.5 Å². The maximum absolute atomic E-state index is 13.8. The average molecular weight is 246 g/mol. The molecule has 0 spiro atoms. The van der Waals surface area contributed by atoms with Crippen molar-refractivity contribution >= 4 is 17.7 Å². The van der Waals surface area contributed by atoms with E-state index in [1.165, 1.54) is 13.2 Å². The van der Waals surface area contributed by atoms with Crippen LogP contribution >= 0.6 is 11.6 Å². The van der Waals surface area contributed by atoms with Crippen molar-refractivity contribution in [2.75, 3.05) is 7.11 Å². The molecule has 1 aromatic carbocycles. The fourth-order valence-electron chi connectivity index (χ4n) is 1.20. The Bertz CT molecular complexity index is 456. The second kappa shape index (κ2) is 4.51. The van der Waals surface area contributed by atoms with Gasteiger partial charge < -0.3 is 9.84 Å². The number of isocyanates is 1. The smallest absolute Gasteiger partial charge is 0.238 e. The van der Waals surface area contributed by atoms with Crippen LogP contribution in [0, 0.1) is 0 Å². The number of ether oxygens (including phenoxy) is 1. The largest absolute Gasteiger partial charge is 0.504 e. The molecule has 0 aromatic heterocycles. The summed E-state index contributed by atoms with van der Waals surface area (Å²) in [6.07, 6.45) is 1.11. The van der Waals surface area contributed by atoms with Crippen LogP contribution in [0.2, 0.25) is 5.02 Å². The zero-order valence-electron chi connectivity index (χ0n) is 8.62. The van der Waals surface area contributed by atoms with Gasteiger partial charge in [0.1, 0.15) is 0 Å². The second-order valence-corrected chi connectivity index (χ2v) is 3.57. The molecule has 0 aliphatic rings. The van der Waals surface area contributed by atoms with Crippen LogP contribution in [-0.4, -0.2) is 18.3 Å². The van der Waals surface area contributed by atoms with Gasteiger partial charge in [-0.3, -0.25) is 0 Å². The normalized spacial score (nSPS) is 13.8. The molecule has 0 saturated heterocycles. The number of methoxy groups -OCH3 is 1. The van der Waals surface area contributed by atoms with E-state index >= 15 is 0 Å². The van der Waals surface area contributed by atoms with E-state index in [9.17, 15) is 14.3 Å². The fourth-order valence-corrected chi connectivity index (χ4v) is 1.53. The number of phenols is 1. The average Bonchev–Trinajstić information content (AvgIpc) is 2.20. The summed E-state index contributed by atoms with van der Waals surface area (Å²) in [5, 5.41) is 9.46. The van der Waals surface area contributed by atoms with E-state index in [1.807, 2.05) is 0 Å². The summed E-state index contributed by atoms with van der Waals surface area (Å²) >= 11 is 5.78. The summed E-state index contributed by atoms with van der Waals surface area (Å²) in [5.41, 5.74) is -0.129. The summed E-state index contributed by atoms with van der Waals surface area (Å²) < 4.78 is 18.6. The summed E-state index contributed by atoms with van der Waals surface area (Å²) in [7, 11) is 1.34. The first-order valence-electron chi connectivity index (χ1n) is 4.27. The Labute approximate surface area is 96.3 Å². The summed E-state index contributed by atoms with van der Waals surface area (Å²) in [5.74, 6) is -2.51. The molecule has 0 fully saturated rings. The molecular formula is C10H9ClFNO3. The lowest BCUT2D eigenvalue weighted by molar-refractivity contribution is 0.205. The molecule has 16 heavy (non-hydrogen) atoms. The summed E-state index contributed by atoms with van der Waals surface area (Å²) in [4.78, 5) is 13.0. The van der Waals surface area contributed by atoms with Gasteiger partial charge in [0.15, 0.2) is 11.5 Å². The molecule has 0 radical (unpaired) electrons. The van der Waals surface area contributed by atoms with Gasteiger partial charge in [-0.05, 0) is 13.0 Å². The Balaban J connectivity index is 3.36. The lowest BCUT2D eigenvalue weighted by Gasteiger charge is -2.16. The van der Waals surface area contributed by atoms with E-state index in [-0.39, 0.29) is 22.1 Å². The number of rotatable bonds is 3. The molecule has 1 aromatic rings. The van der Waals surface area contributed by atoms with Gasteiger partial charge in [0.2, 0.25) is 11.9 Å². The third-order valence-corrected chi connectivity index (χ3v) is 2.33. The highest BCUT2D eigenvalue weighted by atomic mass is 35.5. The zero-order valence-corrected chi connectivity index (χ0v) is 9.38. The maximum atomic E-state index is 13.8. The van der Waals surface area contributed by atoms with E-state index in [4.69, 9.17) is 16.3 Å². The number of carbonyl (C=O) groups excluding carboxylic acids is 1. The van der Waals surface area contributed by atoms with E-state index in [1.54, 1.807) is 0 Å². The Morgan fingerprint density at radius 1 is 1.62 bits per heavy atom. The van der Waals surface area contributed by atoms with E-state index < -0.39 is 5.79 Å². The monoisotopic (exact) mass is 245 g/mol. The Hall–Kier alpha value is -1.58. The predicted octanol–water partition coefficient (Wildman–Crippen LogP) is 2.53. The first kappa shape index (κ1) is 12.5. The lowest BCUT2D eigenvalue weighted by Crippen LogP contribution is -2.12. The molecule has 86 valence electrons. The SMILES string of the molecule is COc1cc(Cl)c(C(C)(F)N=C=O)cc1O. The fraction of sp³-hybridized carbons (Fsp3) is 0.300. The van der Waals surface area contributed by atoms with Crippen molar-refractivity contribution in [2.24, 2.45) is 4.99 Å². The van der Waals surface area contributed by atoms with Crippen molar-refractivity contribution in [1.29, 1.82) is 0 Å². The van der Waals surface area contributed by atoms with Gasteiger partial charge in [-0.1, -0.05) is 11.6 Å². The number of nitrogens with zero attached hydrogens (tertiary/aromatic N) is 1. The molecule has 0 saturated carbocycles. The van der Waals surface area contributed by atoms with Gasteiger partial charge in [0, 0.05) is 11.6 Å². The zero-order chi connectivity index (χ0) is 12.3. The van der Waals surface area contributed by atoms with Gasteiger partial charge >= 0.3 is 0 Å². The molecule has 1 unspecified atom stereocenters. The van der Waals surface area contributed by atoms with Gasteiger partial charge in [-0.15, -0.1) is 0 Å². The van der Waals surface area contributed by atoms with Crippen molar-refractivity contribution in [2.45, 2.75) is 12.7 Å². The second-order valence-electron chi connectivity index (χ2n) is 3.16. The number of halogens is 2. The molecule has 4 nitrogen and oxygen atoms in total. The quantitative estimate of drug-likeness (QED) is 0.506. The molecule has 0 aliphatic carbocycles. The van der Waals surface area contributed by atoms with Gasteiger partial charge in [-0.2, -0.15) is 4.99 Å². The summed E-state index contributed by atoms with van der Waals surface area (Å²) in [6.45, 7) is 1.03. The van der Waals surface area contributed by atoms with Crippen LogP contribution in [0.3, 0.4) is 0 Å². The first-order chi connectivity index (χ1) is 7.42. The van der Waals surface area contributed by atoms with Crippen LogP contribution in [0.15, 0.2) is 17.1 Å². The van der Waals surface area contributed by atoms with Crippen molar-refractivity contribution in [3.63, 3.8) is 0 Å². The molecule has 6 heteroatoms. The molecule has 1 N–H and O–H groups in total. The molecule has 0 bridgehead atoms. The van der Waals surface area contributed by atoms with Crippen molar-refractivity contribution in [1.82, 2.24) is 0 Å². The number of aromatic hydroxyl groups is 1. The predicted molar refractivity (Wildman–Crippen MR) is 56.3 cm³/mol. The van der Waals surface area contributed by atoms with Crippen molar-refractivity contribution in [3.8, 4) is 11.5 Å². The van der Waals surface area contributed by atoms with Crippen molar-refractivity contribution < 1.29 is 19.0 Å². The number of aliphatic imine (C=N–C) groups is 1. The highest BCUT2D eigenvalue weighted by Gasteiger charge is 2.29. The number of hydrogen-bond acceptors (Lipinski definition) is 4. The van der Waals surface area contributed by atoms with E-state index in [0.717, 1.165) is 19.1 Å². The number of hydrogen-bond donors (Lipinski definition) is 1. The third kappa shape index (κ3) is 2.32. The van der Waals surface area contributed by atoms with Crippen LogP contribution in [0.25, 0.3) is 0 Å².